The fourth-order valence-electron chi connectivity index (χ4n) is 2.38. The molecule has 0 saturated heterocycles. The SMILES string of the molecule is CNC(c1ccc2[nH]c(=O)oc2c1)c1ccc(Cl)cc1Br. The van der Waals surface area contributed by atoms with Gasteiger partial charge >= 0.3 is 5.76 Å². The molecule has 6 heteroatoms. The Balaban J connectivity index is 2.10. The second kappa shape index (κ2) is 5.67. The molecule has 0 aliphatic heterocycles. The molecule has 1 heterocycles. The lowest BCUT2D eigenvalue weighted by Gasteiger charge is -2.18. The van der Waals surface area contributed by atoms with Crippen molar-refractivity contribution in [2.45, 2.75) is 6.04 Å². The first-order chi connectivity index (χ1) is 10.1. The number of halogens is 2. The molecule has 3 rings (SSSR count). The van der Waals surface area contributed by atoms with Crippen LogP contribution in [0.2, 0.25) is 5.02 Å². The largest absolute Gasteiger partial charge is 0.417 e. The first kappa shape index (κ1) is 14.4. The van der Waals surface area contributed by atoms with Crippen molar-refractivity contribution in [3.63, 3.8) is 0 Å². The third kappa shape index (κ3) is 2.77. The lowest BCUT2D eigenvalue weighted by atomic mass is 9.98. The zero-order valence-electron chi connectivity index (χ0n) is 11.1. The highest BCUT2D eigenvalue weighted by Gasteiger charge is 2.16. The van der Waals surface area contributed by atoms with Gasteiger partial charge in [-0.05, 0) is 42.4 Å². The van der Waals surface area contributed by atoms with Crippen LogP contribution in [0.25, 0.3) is 11.1 Å². The van der Waals surface area contributed by atoms with Crippen LogP contribution in [0.1, 0.15) is 17.2 Å². The summed E-state index contributed by atoms with van der Waals surface area (Å²) in [6.45, 7) is 0. The van der Waals surface area contributed by atoms with Gasteiger partial charge in [0, 0.05) is 9.50 Å². The number of hydrogen-bond acceptors (Lipinski definition) is 3. The third-order valence-electron chi connectivity index (χ3n) is 3.34. The summed E-state index contributed by atoms with van der Waals surface area (Å²) in [7, 11) is 1.88. The molecule has 0 fully saturated rings. The Morgan fingerprint density at radius 2 is 2.10 bits per heavy atom. The Morgan fingerprint density at radius 3 is 2.81 bits per heavy atom. The molecule has 0 aliphatic carbocycles. The van der Waals surface area contributed by atoms with Gasteiger partial charge in [0.1, 0.15) is 0 Å². The Bertz CT molecular complexity index is 856. The summed E-state index contributed by atoms with van der Waals surface area (Å²) in [5.41, 5.74) is 3.28. The summed E-state index contributed by atoms with van der Waals surface area (Å²) in [6.07, 6.45) is 0. The number of nitrogens with one attached hydrogen (secondary N) is 2. The van der Waals surface area contributed by atoms with Gasteiger partial charge in [0.15, 0.2) is 5.58 Å². The van der Waals surface area contributed by atoms with Gasteiger partial charge in [-0.2, -0.15) is 0 Å². The van der Waals surface area contributed by atoms with Crippen LogP contribution < -0.4 is 11.1 Å². The zero-order chi connectivity index (χ0) is 15.0. The van der Waals surface area contributed by atoms with Crippen LogP contribution >= 0.6 is 27.5 Å². The molecule has 2 N–H and O–H groups in total. The van der Waals surface area contributed by atoms with E-state index >= 15 is 0 Å². The van der Waals surface area contributed by atoms with Crippen molar-refractivity contribution in [3.8, 4) is 0 Å². The molecule has 21 heavy (non-hydrogen) atoms. The zero-order valence-corrected chi connectivity index (χ0v) is 13.5. The van der Waals surface area contributed by atoms with Crippen molar-refractivity contribution in [1.82, 2.24) is 10.3 Å². The molecule has 1 atom stereocenters. The van der Waals surface area contributed by atoms with Crippen molar-refractivity contribution in [2.75, 3.05) is 7.05 Å². The molecule has 3 aromatic rings. The second-order valence-electron chi connectivity index (χ2n) is 4.66. The Hall–Kier alpha value is -1.56. The van der Waals surface area contributed by atoms with Crippen LogP contribution in [0, 0.1) is 0 Å². The van der Waals surface area contributed by atoms with Crippen molar-refractivity contribution in [1.29, 1.82) is 0 Å². The van der Waals surface area contributed by atoms with Gasteiger partial charge in [0.2, 0.25) is 0 Å². The van der Waals surface area contributed by atoms with E-state index in [0.29, 0.717) is 16.1 Å². The topological polar surface area (TPSA) is 58.0 Å². The highest BCUT2D eigenvalue weighted by atomic mass is 79.9. The molecule has 0 spiro atoms. The predicted molar refractivity (Wildman–Crippen MR) is 86.9 cm³/mol. The summed E-state index contributed by atoms with van der Waals surface area (Å²) in [4.78, 5) is 13.9. The van der Waals surface area contributed by atoms with E-state index in [4.69, 9.17) is 16.0 Å². The quantitative estimate of drug-likeness (QED) is 0.739. The Kier molecular flexibility index (Phi) is 3.89. The van der Waals surface area contributed by atoms with Crippen LogP contribution in [0.5, 0.6) is 0 Å². The van der Waals surface area contributed by atoms with E-state index in [9.17, 15) is 4.79 Å². The van der Waals surface area contributed by atoms with Gasteiger partial charge in [-0.25, -0.2) is 4.79 Å². The number of H-pyrrole nitrogens is 1. The van der Waals surface area contributed by atoms with Crippen molar-refractivity contribution < 1.29 is 4.42 Å². The molecule has 0 aliphatic rings. The molecule has 2 aromatic carbocycles. The fraction of sp³-hybridized carbons (Fsp3) is 0.133. The summed E-state index contributed by atoms with van der Waals surface area (Å²) in [5, 5.41) is 3.94. The smallest absolute Gasteiger partial charge is 0.408 e. The van der Waals surface area contributed by atoms with Gasteiger partial charge < -0.3 is 9.73 Å². The van der Waals surface area contributed by atoms with Crippen LogP contribution in [-0.4, -0.2) is 12.0 Å². The lowest BCUT2D eigenvalue weighted by molar-refractivity contribution is 0.554. The maximum Gasteiger partial charge on any atom is 0.417 e. The molecule has 4 nitrogen and oxygen atoms in total. The minimum absolute atomic E-state index is 0.0405. The number of hydrogen-bond donors (Lipinski definition) is 2. The van der Waals surface area contributed by atoms with E-state index in [1.54, 1.807) is 0 Å². The minimum atomic E-state index is -0.448. The van der Waals surface area contributed by atoms with Gasteiger partial charge in [-0.3, -0.25) is 4.98 Å². The van der Waals surface area contributed by atoms with Crippen molar-refractivity contribution >= 4 is 38.6 Å². The van der Waals surface area contributed by atoms with Crippen LogP contribution in [0.3, 0.4) is 0 Å². The second-order valence-corrected chi connectivity index (χ2v) is 5.95. The molecular weight excluding hydrogens is 356 g/mol. The molecule has 0 bridgehead atoms. The van der Waals surface area contributed by atoms with Gasteiger partial charge in [-0.1, -0.05) is 39.7 Å². The predicted octanol–water partition coefficient (Wildman–Crippen LogP) is 3.85. The molecule has 0 amide bonds. The number of aromatic amines is 1. The summed E-state index contributed by atoms with van der Waals surface area (Å²) < 4.78 is 6.04. The summed E-state index contributed by atoms with van der Waals surface area (Å²) >= 11 is 9.52. The number of oxazole rings is 1. The third-order valence-corrected chi connectivity index (χ3v) is 4.26. The first-order valence-electron chi connectivity index (χ1n) is 6.33. The van der Waals surface area contributed by atoms with Crippen LogP contribution in [0.4, 0.5) is 0 Å². The maximum atomic E-state index is 11.2. The van der Waals surface area contributed by atoms with E-state index in [1.165, 1.54) is 0 Å². The number of aromatic nitrogens is 1. The standard InChI is InChI=1S/C15H12BrClN2O2/c1-18-14(10-4-3-9(17)7-11(10)16)8-2-5-12-13(6-8)21-15(20)19-12/h2-7,14,18H,1H3,(H,19,20). The number of rotatable bonds is 3. The molecule has 0 saturated carbocycles. The van der Waals surface area contributed by atoms with Gasteiger partial charge in [0.05, 0.1) is 11.6 Å². The highest BCUT2D eigenvalue weighted by molar-refractivity contribution is 9.10. The van der Waals surface area contributed by atoms with E-state index < -0.39 is 5.76 Å². The van der Waals surface area contributed by atoms with E-state index in [2.05, 4.69) is 26.2 Å². The molecule has 108 valence electrons. The highest BCUT2D eigenvalue weighted by Crippen LogP contribution is 2.31. The van der Waals surface area contributed by atoms with Crippen molar-refractivity contribution in [2.24, 2.45) is 0 Å². The van der Waals surface area contributed by atoms with E-state index in [1.807, 2.05) is 43.4 Å². The molecular formula is C15H12BrClN2O2. The normalized spacial score (nSPS) is 12.7. The fourth-order valence-corrected chi connectivity index (χ4v) is 3.29. The average molecular weight is 368 g/mol. The van der Waals surface area contributed by atoms with Crippen LogP contribution in [0.15, 0.2) is 50.1 Å². The Labute approximate surface area is 134 Å². The first-order valence-corrected chi connectivity index (χ1v) is 7.50. The van der Waals surface area contributed by atoms with Crippen LogP contribution in [-0.2, 0) is 0 Å². The molecule has 1 aromatic heterocycles. The lowest BCUT2D eigenvalue weighted by Crippen LogP contribution is -2.18. The monoisotopic (exact) mass is 366 g/mol. The Morgan fingerprint density at radius 1 is 1.29 bits per heavy atom. The molecule has 0 radical (unpaired) electrons. The minimum Gasteiger partial charge on any atom is -0.408 e. The number of benzene rings is 2. The van der Waals surface area contributed by atoms with E-state index in [0.717, 1.165) is 15.6 Å². The van der Waals surface area contributed by atoms with Crippen molar-refractivity contribution in [3.05, 3.63) is 67.6 Å². The molecule has 1 unspecified atom stereocenters. The average Bonchev–Trinajstić information content (AvgIpc) is 2.81. The maximum absolute atomic E-state index is 11.2. The summed E-state index contributed by atoms with van der Waals surface area (Å²) in [6, 6.07) is 11.3. The summed E-state index contributed by atoms with van der Waals surface area (Å²) in [5.74, 6) is -0.448. The van der Waals surface area contributed by atoms with Gasteiger partial charge in [-0.15, -0.1) is 0 Å². The van der Waals surface area contributed by atoms with E-state index in [-0.39, 0.29) is 6.04 Å². The van der Waals surface area contributed by atoms with Gasteiger partial charge in [0.25, 0.3) is 0 Å². The number of fused-ring (bicyclic) bond motifs is 1.